The average Bonchev–Trinajstić information content (AvgIpc) is 2.88. The van der Waals surface area contributed by atoms with Crippen LogP contribution in [0.5, 0.6) is 0 Å². The van der Waals surface area contributed by atoms with Crippen molar-refractivity contribution < 1.29 is 0 Å². The number of rotatable bonds is 8. The van der Waals surface area contributed by atoms with Crippen molar-refractivity contribution in [3.63, 3.8) is 0 Å². The summed E-state index contributed by atoms with van der Waals surface area (Å²) in [5.74, 6) is 11.5. The Balaban J connectivity index is 2.41. The third-order valence-corrected chi connectivity index (χ3v) is 4.73. The summed E-state index contributed by atoms with van der Waals surface area (Å²) in [4.78, 5) is 0. The van der Waals surface area contributed by atoms with Gasteiger partial charge < -0.3 is 0 Å². The Morgan fingerprint density at radius 2 is 1.03 bits per heavy atom. The molecule has 0 aliphatic heterocycles. The molecule has 0 aromatic heterocycles. The van der Waals surface area contributed by atoms with Gasteiger partial charge in [-0.15, -0.1) is 10.2 Å². The predicted octanol–water partition coefficient (Wildman–Crippen LogP) is 5.51. The summed E-state index contributed by atoms with van der Waals surface area (Å²) < 4.78 is 0. The highest BCUT2D eigenvalue weighted by atomic mass is 15.5. The zero-order chi connectivity index (χ0) is 24.8. The molecule has 0 unspecified atom stereocenters. The lowest BCUT2D eigenvalue weighted by Gasteiger charge is -2.11. The molecule has 34 heavy (non-hydrogen) atoms. The van der Waals surface area contributed by atoms with Crippen molar-refractivity contribution in [3.05, 3.63) is 58.7 Å². The molecule has 0 amide bonds. The maximum Gasteiger partial charge on any atom is 0.103 e. The molecular weight excluding hydrogens is 424 g/mol. The van der Waals surface area contributed by atoms with Gasteiger partial charge in [0.2, 0.25) is 0 Å². The van der Waals surface area contributed by atoms with Crippen LogP contribution in [0.1, 0.15) is 49.9 Å². The minimum atomic E-state index is 0.472. The van der Waals surface area contributed by atoms with Crippen LogP contribution in [0.3, 0.4) is 0 Å². The summed E-state index contributed by atoms with van der Waals surface area (Å²) in [6, 6.07) is 14.3. The first kappa shape index (κ1) is 25.6. The third kappa shape index (κ3) is 7.49. The van der Waals surface area contributed by atoms with Gasteiger partial charge in [0, 0.05) is 26.2 Å². The summed E-state index contributed by atoms with van der Waals surface area (Å²) in [6.07, 6.45) is 0. The van der Waals surface area contributed by atoms with Crippen molar-refractivity contribution in [1.82, 2.24) is 10.0 Å². The van der Waals surface area contributed by atoms with Gasteiger partial charge in [-0.25, -0.2) is 0 Å². The van der Waals surface area contributed by atoms with E-state index in [1.165, 1.54) is 0 Å². The molecule has 0 bridgehead atoms. The van der Waals surface area contributed by atoms with Gasteiger partial charge in [-0.2, -0.15) is 10.5 Å². The monoisotopic (exact) mass is 450 g/mol. The molecule has 2 aromatic rings. The van der Waals surface area contributed by atoms with Crippen LogP contribution < -0.4 is 0 Å². The van der Waals surface area contributed by atoms with E-state index < -0.39 is 0 Å². The van der Waals surface area contributed by atoms with Crippen molar-refractivity contribution in [2.45, 2.75) is 27.7 Å². The van der Waals surface area contributed by atoms with Crippen molar-refractivity contribution in [2.24, 2.45) is 20.7 Å². The van der Waals surface area contributed by atoms with Gasteiger partial charge >= 0.3 is 0 Å². The molecule has 0 aliphatic rings. The van der Waals surface area contributed by atoms with Gasteiger partial charge in [-0.1, -0.05) is 22.3 Å². The van der Waals surface area contributed by atoms with Crippen LogP contribution in [0.2, 0.25) is 0 Å². The largest absolute Gasteiger partial charge is 0.279 e. The van der Waals surface area contributed by atoms with Gasteiger partial charge in [0.1, 0.15) is 11.4 Å². The predicted molar refractivity (Wildman–Crippen MR) is 131 cm³/mol. The summed E-state index contributed by atoms with van der Waals surface area (Å²) in [6.45, 7) is 10.9. The Hall–Kier alpha value is -4.66. The first-order valence-corrected chi connectivity index (χ1v) is 11.0. The van der Waals surface area contributed by atoms with E-state index in [1.807, 2.05) is 37.7 Å². The lowest BCUT2D eigenvalue weighted by atomic mass is 10.1. The fraction of sp³-hybridized carbons (Fsp3) is 0.308. The molecule has 0 atom stereocenters. The topological polar surface area (TPSA) is 103 Å². The summed E-state index contributed by atoms with van der Waals surface area (Å²) in [7, 11) is 0. The van der Waals surface area contributed by atoms with Crippen LogP contribution in [0.15, 0.2) is 57.1 Å². The Morgan fingerprint density at radius 3 is 1.35 bits per heavy atom. The van der Waals surface area contributed by atoms with Gasteiger partial charge in [0.05, 0.1) is 34.4 Å². The molecule has 0 radical (unpaired) electrons. The van der Waals surface area contributed by atoms with E-state index in [4.69, 9.17) is 0 Å². The second-order valence-electron chi connectivity index (χ2n) is 6.84. The molecule has 0 heterocycles. The normalized spacial score (nSPS) is 10.1. The molecule has 8 nitrogen and oxygen atoms in total. The maximum atomic E-state index is 9.24. The lowest BCUT2D eigenvalue weighted by Crippen LogP contribution is -2.14. The highest BCUT2D eigenvalue weighted by molar-refractivity contribution is 5.61. The van der Waals surface area contributed by atoms with Crippen LogP contribution in [-0.2, 0) is 0 Å². The first-order valence-electron chi connectivity index (χ1n) is 11.0. The second-order valence-corrected chi connectivity index (χ2v) is 6.84. The van der Waals surface area contributed by atoms with Crippen LogP contribution in [0.25, 0.3) is 0 Å². The molecule has 8 heteroatoms. The molecule has 2 aromatic carbocycles. The van der Waals surface area contributed by atoms with E-state index >= 15 is 0 Å². The summed E-state index contributed by atoms with van der Waals surface area (Å²) in [5, 5.41) is 39.1. The molecular formula is C26H26N8. The van der Waals surface area contributed by atoms with Gasteiger partial charge in [0.25, 0.3) is 0 Å². The summed E-state index contributed by atoms with van der Waals surface area (Å²) in [5.41, 5.74) is 3.16. The van der Waals surface area contributed by atoms with E-state index in [9.17, 15) is 10.5 Å². The SMILES string of the molecule is CCN(CC)N=Nc1ccc(C#N)cc1C#CC#Cc1cc(C#N)ccc1N=NN(CC)CC. The van der Waals surface area contributed by atoms with Crippen molar-refractivity contribution in [3.8, 4) is 35.8 Å². The number of nitrogens with zero attached hydrogens (tertiary/aromatic N) is 8. The zero-order valence-electron chi connectivity index (χ0n) is 19.9. The highest BCUT2D eigenvalue weighted by Crippen LogP contribution is 2.22. The Labute approximate surface area is 201 Å². The second kappa shape index (κ2) is 13.7. The lowest BCUT2D eigenvalue weighted by molar-refractivity contribution is 0.300. The molecule has 0 saturated carbocycles. The minimum Gasteiger partial charge on any atom is -0.279 e. The van der Waals surface area contributed by atoms with E-state index in [0.29, 0.717) is 33.6 Å². The zero-order valence-corrected chi connectivity index (χ0v) is 19.9. The molecule has 0 aliphatic carbocycles. The molecule has 0 fully saturated rings. The van der Waals surface area contributed by atoms with Crippen molar-refractivity contribution in [1.29, 1.82) is 10.5 Å². The quantitative estimate of drug-likeness (QED) is 0.300. The molecule has 170 valence electrons. The van der Waals surface area contributed by atoms with E-state index in [0.717, 1.165) is 26.2 Å². The molecule has 0 saturated heterocycles. The Morgan fingerprint density at radius 1 is 0.647 bits per heavy atom. The average molecular weight is 451 g/mol. The highest BCUT2D eigenvalue weighted by Gasteiger charge is 2.04. The van der Waals surface area contributed by atoms with E-state index in [-0.39, 0.29) is 0 Å². The summed E-state index contributed by atoms with van der Waals surface area (Å²) >= 11 is 0. The smallest absolute Gasteiger partial charge is 0.103 e. The first-order chi connectivity index (χ1) is 16.6. The van der Waals surface area contributed by atoms with E-state index in [2.05, 4.69) is 56.5 Å². The number of nitriles is 2. The fourth-order valence-electron chi connectivity index (χ4n) is 2.71. The standard InChI is InChI=1S/C26H26N8/c1-5-33(6-2)31-29-25-15-13-21(19-27)17-23(25)11-9-10-12-24-18-22(20-28)14-16-26(24)30-32-34(7-3)8-4/h13-18H,5-8H2,1-4H3. The fourth-order valence-corrected chi connectivity index (χ4v) is 2.71. The van der Waals surface area contributed by atoms with Gasteiger partial charge in [0.15, 0.2) is 0 Å². The third-order valence-electron chi connectivity index (χ3n) is 4.73. The van der Waals surface area contributed by atoms with Gasteiger partial charge in [-0.05, 0) is 75.9 Å². The molecule has 2 rings (SSSR count). The maximum absolute atomic E-state index is 9.24. The number of hydrogen-bond donors (Lipinski definition) is 0. The minimum absolute atomic E-state index is 0.472. The van der Waals surface area contributed by atoms with E-state index in [1.54, 1.807) is 36.4 Å². The molecule has 0 spiro atoms. The molecule has 0 N–H and O–H groups in total. The Kier molecular flexibility index (Phi) is 10.3. The Bertz CT molecular complexity index is 1150. The van der Waals surface area contributed by atoms with Crippen LogP contribution in [-0.4, -0.2) is 36.2 Å². The number of hydrogen-bond acceptors (Lipinski definition) is 6. The number of benzene rings is 2. The van der Waals surface area contributed by atoms with Gasteiger partial charge in [-0.3, -0.25) is 10.0 Å². The van der Waals surface area contributed by atoms with Crippen molar-refractivity contribution >= 4 is 11.4 Å². The van der Waals surface area contributed by atoms with Crippen molar-refractivity contribution in [2.75, 3.05) is 26.2 Å². The van der Waals surface area contributed by atoms with Crippen LogP contribution >= 0.6 is 0 Å². The van der Waals surface area contributed by atoms with Crippen LogP contribution in [0.4, 0.5) is 11.4 Å². The van der Waals surface area contributed by atoms with Crippen LogP contribution in [0, 0.1) is 46.3 Å².